The molecule has 2 rings (SSSR count). The van der Waals surface area contributed by atoms with Gasteiger partial charge in [-0.3, -0.25) is 0 Å². The number of benzene rings is 2. The highest BCUT2D eigenvalue weighted by Crippen LogP contribution is 2.32. The van der Waals surface area contributed by atoms with Crippen molar-refractivity contribution in [2.45, 2.75) is 0 Å². The topological polar surface area (TPSA) is 104 Å². The summed E-state index contributed by atoms with van der Waals surface area (Å²) in [6.07, 6.45) is 0. The third-order valence-corrected chi connectivity index (χ3v) is 2.24. The van der Waals surface area contributed by atoms with Crippen LogP contribution in [0.1, 0.15) is 0 Å². The maximum atomic E-state index is 5.82. The van der Waals surface area contributed by atoms with E-state index in [0.29, 0.717) is 22.7 Å². The molecule has 14 heavy (non-hydrogen) atoms. The second-order valence-corrected chi connectivity index (χ2v) is 3.28. The van der Waals surface area contributed by atoms with Crippen molar-refractivity contribution in [3.8, 4) is 0 Å². The smallest absolute Gasteiger partial charge is 0.0648 e. The molecule has 0 saturated carbocycles. The highest BCUT2D eigenvalue weighted by atomic mass is 14.7. The van der Waals surface area contributed by atoms with Crippen LogP contribution in [-0.4, -0.2) is 0 Å². The lowest BCUT2D eigenvalue weighted by molar-refractivity contribution is 1.68. The lowest BCUT2D eigenvalue weighted by Crippen LogP contribution is -1.99. The van der Waals surface area contributed by atoms with E-state index in [4.69, 9.17) is 22.9 Å². The number of rotatable bonds is 0. The number of anilines is 4. The van der Waals surface area contributed by atoms with Crippen molar-refractivity contribution in [1.29, 1.82) is 0 Å². The fraction of sp³-hybridized carbons (Fsp3) is 0. The van der Waals surface area contributed by atoms with Crippen molar-refractivity contribution in [1.82, 2.24) is 0 Å². The van der Waals surface area contributed by atoms with Crippen molar-refractivity contribution < 1.29 is 0 Å². The van der Waals surface area contributed by atoms with E-state index in [1.54, 1.807) is 12.1 Å². The van der Waals surface area contributed by atoms with E-state index in [1.807, 2.05) is 12.1 Å². The third-order valence-electron chi connectivity index (χ3n) is 2.24. The van der Waals surface area contributed by atoms with Crippen LogP contribution in [0.4, 0.5) is 22.7 Å². The Kier molecular flexibility index (Phi) is 1.64. The van der Waals surface area contributed by atoms with Gasteiger partial charge < -0.3 is 22.9 Å². The van der Waals surface area contributed by atoms with E-state index in [2.05, 4.69) is 0 Å². The summed E-state index contributed by atoms with van der Waals surface area (Å²) in [5, 5.41) is 1.69. The molecule has 0 aliphatic carbocycles. The molecular formula is C10H12N4. The molecule has 0 aromatic heterocycles. The Morgan fingerprint density at radius 2 is 1.50 bits per heavy atom. The fourth-order valence-corrected chi connectivity index (χ4v) is 1.57. The zero-order chi connectivity index (χ0) is 10.3. The van der Waals surface area contributed by atoms with Crippen LogP contribution in [-0.2, 0) is 0 Å². The van der Waals surface area contributed by atoms with Gasteiger partial charge in [-0.1, -0.05) is 6.07 Å². The number of hydrogen-bond acceptors (Lipinski definition) is 4. The predicted octanol–water partition coefficient (Wildman–Crippen LogP) is 1.17. The molecule has 0 aliphatic heterocycles. The van der Waals surface area contributed by atoms with Gasteiger partial charge in [-0.15, -0.1) is 0 Å². The van der Waals surface area contributed by atoms with E-state index in [0.717, 1.165) is 10.8 Å². The zero-order valence-corrected chi connectivity index (χ0v) is 7.62. The van der Waals surface area contributed by atoms with Crippen LogP contribution >= 0.6 is 0 Å². The van der Waals surface area contributed by atoms with Crippen LogP contribution in [0.5, 0.6) is 0 Å². The summed E-state index contributed by atoms with van der Waals surface area (Å²) in [7, 11) is 0. The normalized spacial score (nSPS) is 10.6. The van der Waals surface area contributed by atoms with E-state index in [9.17, 15) is 0 Å². The van der Waals surface area contributed by atoms with Crippen LogP contribution in [0, 0.1) is 0 Å². The minimum absolute atomic E-state index is 0.514. The summed E-state index contributed by atoms with van der Waals surface area (Å²) in [6, 6.07) is 7.10. The Morgan fingerprint density at radius 3 is 2.21 bits per heavy atom. The molecule has 4 heteroatoms. The molecule has 0 radical (unpaired) electrons. The van der Waals surface area contributed by atoms with Gasteiger partial charge >= 0.3 is 0 Å². The van der Waals surface area contributed by atoms with Crippen molar-refractivity contribution in [2.75, 3.05) is 22.9 Å². The maximum Gasteiger partial charge on any atom is 0.0648 e. The van der Waals surface area contributed by atoms with Gasteiger partial charge in [-0.05, 0) is 23.6 Å². The van der Waals surface area contributed by atoms with Gasteiger partial charge in [0.05, 0.1) is 11.4 Å². The fourth-order valence-electron chi connectivity index (χ4n) is 1.57. The van der Waals surface area contributed by atoms with E-state index >= 15 is 0 Å². The first-order valence-electron chi connectivity index (χ1n) is 4.22. The molecule has 0 fully saturated rings. The van der Waals surface area contributed by atoms with E-state index in [1.165, 1.54) is 0 Å². The molecule has 0 spiro atoms. The Morgan fingerprint density at radius 1 is 0.786 bits per heavy atom. The van der Waals surface area contributed by atoms with Gasteiger partial charge in [-0.2, -0.15) is 0 Å². The van der Waals surface area contributed by atoms with Crippen molar-refractivity contribution in [3.63, 3.8) is 0 Å². The summed E-state index contributed by atoms with van der Waals surface area (Å²) < 4.78 is 0. The molecular weight excluding hydrogens is 176 g/mol. The van der Waals surface area contributed by atoms with Gasteiger partial charge in [0.15, 0.2) is 0 Å². The highest BCUT2D eigenvalue weighted by molar-refractivity contribution is 6.06. The van der Waals surface area contributed by atoms with Gasteiger partial charge in [-0.25, -0.2) is 0 Å². The largest absolute Gasteiger partial charge is 0.399 e. The van der Waals surface area contributed by atoms with Crippen LogP contribution in [0.25, 0.3) is 10.8 Å². The average Bonchev–Trinajstić information content (AvgIpc) is 2.10. The molecule has 72 valence electrons. The predicted molar refractivity (Wildman–Crippen MR) is 61.6 cm³/mol. The zero-order valence-electron chi connectivity index (χ0n) is 7.62. The minimum Gasteiger partial charge on any atom is -0.399 e. The molecule has 0 saturated heterocycles. The number of fused-ring (bicyclic) bond motifs is 1. The van der Waals surface area contributed by atoms with Gasteiger partial charge in [0.25, 0.3) is 0 Å². The Balaban J connectivity index is 2.95. The quantitative estimate of drug-likeness (QED) is 0.466. The van der Waals surface area contributed by atoms with Gasteiger partial charge in [0.1, 0.15) is 0 Å². The molecule has 0 amide bonds. The van der Waals surface area contributed by atoms with Gasteiger partial charge in [0, 0.05) is 16.8 Å². The first kappa shape index (κ1) is 8.50. The first-order chi connectivity index (χ1) is 6.59. The first-order valence-corrected chi connectivity index (χ1v) is 4.22. The van der Waals surface area contributed by atoms with Crippen molar-refractivity contribution in [2.24, 2.45) is 0 Å². The molecule has 2 aromatic carbocycles. The van der Waals surface area contributed by atoms with Crippen LogP contribution in [0.15, 0.2) is 24.3 Å². The summed E-state index contributed by atoms with van der Waals surface area (Å²) in [4.78, 5) is 0. The summed E-state index contributed by atoms with van der Waals surface area (Å²) in [6.45, 7) is 0. The van der Waals surface area contributed by atoms with Crippen molar-refractivity contribution in [3.05, 3.63) is 24.3 Å². The second-order valence-electron chi connectivity index (χ2n) is 3.28. The van der Waals surface area contributed by atoms with Crippen LogP contribution in [0.3, 0.4) is 0 Å². The SMILES string of the molecule is Nc1cc(N)c2c(N)c(N)ccc2c1. The molecule has 8 N–H and O–H groups in total. The molecule has 4 nitrogen and oxygen atoms in total. The summed E-state index contributed by atoms with van der Waals surface area (Å²) in [5.74, 6) is 0. The number of nitrogen functional groups attached to an aromatic ring is 4. The van der Waals surface area contributed by atoms with E-state index < -0.39 is 0 Å². The molecule has 0 bridgehead atoms. The lowest BCUT2D eigenvalue weighted by atomic mass is 10.0. The lowest BCUT2D eigenvalue weighted by Gasteiger charge is -2.08. The third kappa shape index (κ3) is 1.08. The molecule has 0 unspecified atom stereocenters. The average molecular weight is 188 g/mol. The Bertz CT molecular complexity index is 505. The monoisotopic (exact) mass is 188 g/mol. The summed E-state index contributed by atoms with van der Waals surface area (Å²) in [5.41, 5.74) is 25.2. The summed E-state index contributed by atoms with van der Waals surface area (Å²) >= 11 is 0. The Hall–Kier alpha value is -2.10. The molecule has 0 heterocycles. The molecule has 2 aromatic rings. The number of nitrogens with two attached hydrogens (primary N) is 4. The number of hydrogen-bond donors (Lipinski definition) is 4. The van der Waals surface area contributed by atoms with Crippen LogP contribution < -0.4 is 22.9 Å². The van der Waals surface area contributed by atoms with E-state index in [-0.39, 0.29) is 0 Å². The minimum atomic E-state index is 0.514. The van der Waals surface area contributed by atoms with Crippen LogP contribution in [0.2, 0.25) is 0 Å². The van der Waals surface area contributed by atoms with Gasteiger partial charge in [0.2, 0.25) is 0 Å². The molecule has 0 aliphatic rings. The standard InChI is InChI=1S/C10H12N4/c11-6-3-5-1-2-7(12)10(14)9(5)8(13)4-6/h1-4H,11-14H2. The Labute approximate surface area is 81.5 Å². The van der Waals surface area contributed by atoms with Crippen molar-refractivity contribution >= 4 is 33.5 Å². The maximum absolute atomic E-state index is 5.82. The second kappa shape index (κ2) is 2.70. The molecule has 0 atom stereocenters. The highest BCUT2D eigenvalue weighted by Gasteiger charge is 2.05.